The minimum atomic E-state index is -1.38. The number of hydrogen-bond acceptors (Lipinski definition) is 5. The van der Waals surface area contributed by atoms with Gasteiger partial charge in [0.2, 0.25) is 0 Å². The van der Waals surface area contributed by atoms with Crippen LogP contribution in [0.15, 0.2) is 117 Å². The van der Waals surface area contributed by atoms with Crippen LogP contribution in [0, 0.1) is 0 Å². The summed E-state index contributed by atoms with van der Waals surface area (Å²) in [6.07, 6.45) is 1.70. The standard InChI is InChI=1S/C28H25NO3S/c30-28(23-8-3-1-4-9-23,24-10-5-2-6-11-24)27-14-13-26(32-27)20-29(18-22-15-17-33-21-22)19-25-12-7-16-31-25/h1-17,21,30H,18-20H2. The molecule has 0 saturated heterocycles. The van der Waals surface area contributed by atoms with Crippen LogP contribution in [0.1, 0.15) is 34.0 Å². The molecule has 0 amide bonds. The van der Waals surface area contributed by atoms with Crippen molar-refractivity contribution >= 4 is 11.3 Å². The second-order valence-corrected chi connectivity index (χ2v) is 8.84. The Labute approximate surface area is 197 Å². The van der Waals surface area contributed by atoms with Crippen molar-refractivity contribution in [1.82, 2.24) is 4.90 Å². The zero-order valence-corrected chi connectivity index (χ0v) is 18.9. The molecule has 0 atom stereocenters. The zero-order valence-electron chi connectivity index (χ0n) is 18.1. The average molecular weight is 456 g/mol. The topological polar surface area (TPSA) is 49.8 Å². The van der Waals surface area contributed by atoms with E-state index in [4.69, 9.17) is 8.83 Å². The normalized spacial score (nSPS) is 11.8. The fourth-order valence-electron chi connectivity index (χ4n) is 4.12. The third-order valence-corrected chi connectivity index (χ3v) is 6.46. The summed E-state index contributed by atoms with van der Waals surface area (Å²) in [4.78, 5) is 2.27. The van der Waals surface area contributed by atoms with Crippen molar-refractivity contribution < 1.29 is 13.9 Å². The predicted octanol–water partition coefficient (Wildman–Crippen LogP) is 6.42. The molecule has 0 aliphatic rings. The van der Waals surface area contributed by atoms with Crippen LogP contribution in [-0.2, 0) is 25.2 Å². The molecule has 0 saturated carbocycles. The highest BCUT2D eigenvalue weighted by Crippen LogP contribution is 2.37. The van der Waals surface area contributed by atoms with Gasteiger partial charge in [0.25, 0.3) is 0 Å². The molecular weight excluding hydrogens is 430 g/mol. The number of thiophene rings is 1. The highest BCUT2D eigenvalue weighted by molar-refractivity contribution is 7.07. The number of nitrogens with zero attached hydrogens (tertiary/aromatic N) is 1. The lowest BCUT2D eigenvalue weighted by atomic mass is 9.84. The summed E-state index contributed by atoms with van der Waals surface area (Å²) in [6.45, 7) is 2.04. The Balaban J connectivity index is 1.45. The molecule has 5 aromatic rings. The van der Waals surface area contributed by atoms with Gasteiger partial charge in [-0.25, -0.2) is 0 Å². The summed E-state index contributed by atoms with van der Waals surface area (Å²) in [7, 11) is 0. The largest absolute Gasteiger partial charge is 0.468 e. The van der Waals surface area contributed by atoms with E-state index in [0.717, 1.165) is 29.2 Å². The molecule has 0 bridgehead atoms. The van der Waals surface area contributed by atoms with Gasteiger partial charge in [0.15, 0.2) is 5.60 Å². The Bertz CT molecular complexity index is 1170. The van der Waals surface area contributed by atoms with Gasteiger partial charge in [-0.1, -0.05) is 60.7 Å². The minimum Gasteiger partial charge on any atom is -0.468 e. The van der Waals surface area contributed by atoms with Crippen LogP contribution in [0.3, 0.4) is 0 Å². The van der Waals surface area contributed by atoms with Crippen LogP contribution < -0.4 is 0 Å². The maximum atomic E-state index is 12.0. The van der Waals surface area contributed by atoms with Crippen LogP contribution in [0.5, 0.6) is 0 Å². The van der Waals surface area contributed by atoms with Crippen LogP contribution in [-0.4, -0.2) is 10.0 Å². The summed E-state index contributed by atoms with van der Waals surface area (Å²) in [5.74, 6) is 2.20. The maximum Gasteiger partial charge on any atom is 0.173 e. The Morgan fingerprint density at radius 3 is 2.03 bits per heavy atom. The first-order chi connectivity index (χ1) is 16.2. The summed E-state index contributed by atoms with van der Waals surface area (Å²) >= 11 is 1.69. The third-order valence-electron chi connectivity index (χ3n) is 5.73. The number of rotatable bonds is 9. The number of benzene rings is 2. The first-order valence-electron chi connectivity index (χ1n) is 10.9. The van der Waals surface area contributed by atoms with E-state index >= 15 is 0 Å². The van der Waals surface area contributed by atoms with Gasteiger partial charge in [-0.05, 0) is 57.8 Å². The lowest BCUT2D eigenvalue weighted by Gasteiger charge is -2.27. The van der Waals surface area contributed by atoms with Gasteiger partial charge >= 0.3 is 0 Å². The van der Waals surface area contributed by atoms with Crippen molar-refractivity contribution in [3.05, 3.63) is 142 Å². The SMILES string of the molecule is OC(c1ccccc1)(c1ccccc1)c1ccc(CN(Cc2ccsc2)Cc2ccco2)o1. The van der Waals surface area contributed by atoms with Crippen molar-refractivity contribution in [3.63, 3.8) is 0 Å². The predicted molar refractivity (Wildman–Crippen MR) is 130 cm³/mol. The van der Waals surface area contributed by atoms with Crippen LogP contribution in [0.25, 0.3) is 0 Å². The fourth-order valence-corrected chi connectivity index (χ4v) is 4.78. The molecule has 3 aromatic heterocycles. The van der Waals surface area contributed by atoms with Crippen LogP contribution in [0.4, 0.5) is 0 Å². The van der Waals surface area contributed by atoms with Crippen molar-refractivity contribution in [2.45, 2.75) is 25.2 Å². The van der Waals surface area contributed by atoms with Gasteiger partial charge in [-0.15, -0.1) is 0 Å². The Morgan fingerprint density at radius 2 is 1.42 bits per heavy atom. The van der Waals surface area contributed by atoms with E-state index in [0.29, 0.717) is 18.8 Å². The summed E-state index contributed by atoms with van der Waals surface area (Å²) < 4.78 is 11.9. The quantitative estimate of drug-likeness (QED) is 0.279. The molecule has 166 valence electrons. The maximum absolute atomic E-state index is 12.0. The molecule has 1 N–H and O–H groups in total. The zero-order chi connectivity index (χ0) is 22.5. The minimum absolute atomic E-state index is 0.503. The molecule has 3 heterocycles. The van der Waals surface area contributed by atoms with E-state index in [1.165, 1.54) is 5.56 Å². The number of hydrogen-bond donors (Lipinski definition) is 1. The van der Waals surface area contributed by atoms with E-state index in [1.807, 2.05) is 84.9 Å². The second-order valence-electron chi connectivity index (χ2n) is 8.06. The van der Waals surface area contributed by atoms with Gasteiger partial charge in [-0.2, -0.15) is 11.3 Å². The average Bonchev–Trinajstić information content (AvgIpc) is 3.64. The molecule has 0 spiro atoms. The van der Waals surface area contributed by atoms with E-state index in [2.05, 4.69) is 21.7 Å². The van der Waals surface area contributed by atoms with Gasteiger partial charge in [0, 0.05) is 6.54 Å². The third kappa shape index (κ3) is 4.71. The summed E-state index contributed by atoms with van der Waals surface area (Å²) in [5, 5.41) is 16.2. The fraction of sp³-hybridized carbons (Fsp3) is 0.143. The lowest BCUT2D eigenvalue weighted by Crippen LogP contribution is -2.28. The number of furan rings is 2. The van der Waals surface area contributed by atoms with Crippen LogP contribution in [0.2, 0.25) is 0 Å². The molecule has 5 rings (SSSR count). The van der Waals surface area contributed by atoms with E-state index in [9.17, 15) is 5.11 Å². The van der Waals surface area contributed by atoms with Gasteiger partial charge in [0.1, 0.15) is 17.3 Å². The molecule has 5 heteroatoms. The first-order valence-corrected chi connectivity index (χ1v) is 11.8. The number of aliphatic hydroxyl groups is 1. The van der Waals surface area contributed by atoms with E-state index in [1.54, 1.807) is 17.6 Å². The highest BCUT2D eigenvalue weighted by atomic mass is 32.1. The summed E-state index contributed by atoms with van der Waals surface area (Å²) in [6, 6.07) is 29.2. The molecule has 0 radical (unpaired) electrons. The monoisotopic (exact) mass is 455 g/mol. The second kappa shape index (κ2) is 9.63. The van der Waals surface area contributed by atoms with Crippen LogP contribution >= 0.6 is 11.3 Å². The molecule has 0 aliphatic carbocycles. The van der Waals surface area contributed by atoms with Crippen molar-refractivity contribution in [2.24, 2.45) is 0 Å². The molecule has 0 aliphatic heterocycles. The van der Waals surface area contributed by atoms with Crippen molar-refractivity contribution in [1.29, 1.82) is 0 Å². The van der Waals surface area contributed by atoms with E-state index < -0.39 is 5.60 Å². The van der Waals surface area contributed by atoms with Gasteiger partial charge in [-0.3, -0.25) is 4.90 Å². The molecular formula is C28H25NO3S. The molecule has 4 nitrogen and oxygen atoms in total. The Hall–Kier alpha value is -3.38. The Kier molecular flexibility index (Phi) is 6.26. The summed E-state index contributed by atoms with van der Waals surface area (Å²) in [5.41, 5.74) is 1.41. The smallest absolute Gasteiger partial charge is 0.173 e. The lowest BCUT2D eigenvalue weighted by molar-refractivity contribution is 0.0947. The first kappa shape index (κ1) is 21.5. The molecule has 33 heavy (non-hydrogen) atoms. The van der Waals surface area contributed by atoms with E-state index in [-0.39, 0.29) is 0 Å². The van der Waals surface area contributed by atoms with Crippen molar-refractivity contribution in [2.75, 3.05) is 0 Å². The highest BCUT2D eigenvalue weighted by Gasteiger charge is 2.37. The van der Waals surface area contributed by atoms with Gasteiger partial charge in [0.05, 0.1) is 19.4 Å². The molecule has 2 aromatic carbocycles. The van der Waals surface area contributed by atoms with Gasteiger partial charge < -0.3 is 13.9 Å². The molecule has 0 fully saturated rings. The van der Waals surface area contributed by atoms with Crippen molar-refractivity contribution in [3.8, 4) is 0 Å². The Morgan fingerprint density at radius 1 is 0.727 bits per heavy atom. The molecule has 0 unspecified atom stereocenters.